The van der Waals surface area contributed by atoms with Gasteiger partial charge < -0.3 is 4.40 Å². The second-order valence-electron chi connectivity index (χ2n) is 9.93. The van der Waals surface area contributed by atoms with Gasteiger partial charge in [-0.05, 0) is 65.4 Å². The molecule has 0 atom stereocenters. The minimum absolute atomic E-state index is 0.0596. The van der Waals surface area contributed by atoms with Gasteiger partial charge >= 0.3 is 0 Å². The number of nitrogens with zero attached hydrogens (tertiary/aromatic N) is 3. The lowest BCUT2D eigenvalue weighted by Crippen LogP contribution is -2.20. The van der Waals surface area contributed by atoms with Gasteiger partial charge in [0.15, 0.2) is 0 Å². The van der Waals surface area contributed by atoms with Crippen LogP contribution in [0.15, 0.2) is 66.7 Å². The van der Waals surface area contributed by atoms with E-state index >= 15 is 0 Å². The summed E-state index contributed by atoms with van der Waals surface area (Å²) >= 11 is 0. The molecule has 0 unspecified atom stereocenters. The normalized spacial score (nSPS) is 15.9. The van der Waals surface area contributed by atoms with Crippen molar-refractivity contribution in [1.82, 2.24) is 4.40 Å². The van der Waals surface area contributed by atoms with Crippen LogP contribution >= 0.6 is 0 Å². The second-order valence-corrected chi connectivity index (χ2v) is 9.93. The van der Waals surface area contributed by atoms with Crippen molar-refractivity contribution in [2.45, 2.75) is 31.1 Å². The van der Waals surface area contributed by atoms with Gasteiger partial charge in [-0.15, -0.1) is 0 Å². The van der Waals surface area contributed by atoms with Crippen LogP contribution in [0.4, 0.5) is 0 Å². The molecule has 6 aromatic rings. The summed E-state index contributed by atoms with van der Waals surface area (Å²) in [7, 11) is 0. The molecule has 2 aromatic heterocycles. The van der Waals surface area contributed by atoms with E-state index in [4.69, 9.17) is 0 Å². The summed E-state index contributed by atoms with van der Waals surface area (Å²) in [5.74, 6) is 0. The third-order valence-corrected chi connectivity index (χ3v) is 8.49. The minimum Gasteiger partial charge on any atom is -0.308 e. The first-order valence-corrected chi connectivity index (χ1v) is 12.0. The Bertz CT molecular complexity index is 1930. The fraction of sp³-hybridized carbons (Fsp3) is 0.161. The predicted molar refractivity (Wildman–Crippen MR) is 135 cm³/mol. The molecule has 2 aliphatic rings. The largest absolute Gasteiger partial charge is 0.308 e. The Kier molecular flexibility index (Phi) is 3.18. The van der Waals surface area contributed by atoms with Gasteiger partial charge in [0.2, 0.25) is 0 Å². The van der Waals surface area contributed by atoms with Crippen molar-refractivity contribution < 1.29 is 0 Å². The summed E-state index contributed by atoms with van der Waals surface area (Å²) < 4.78 is 2.31. The van der Waals surface area contributed by atoms with E-state index in [0.717, 1.165) is 16.4 Å². The molecule has 1 spiro atoms. The van der Waals surface area contributed by atoms with Gasteiger partial charge in [-0.25, -0.2) is 0 Å². The number of nitriles is 2. The monoisotopic (exact) mass is 433 g/mol. The number of aromatic nitrogens is 1. The third-order valence-electron chi connectivity index (χ3n) is 8.49. The van der Waals surface area contributed by atoms with E-state index in [-0.39, 0.29) is 5.41 Å². The highest BCUT2D eigenvalue weighted by atomic mass is 14.9. The molecule has 0 saturated heterocycles. The predicted octanol–water partition coefficient (Wildman–Crippen LogP) is 7.42. The van der Waals surface area contributed by atoms with E-state index in [1.54, 1.807) is 0 Å². The van der Waals surface area contributed by atoms with Crippen molar-refractivity contribution in [3.8, 4) is 23.3 Å². The smallest absolute Gasteiger partial charge is 0.0992 e. The fourth-order valence-corrected chi connectivity index (χ4v) is 7.23. The summed E-state index contributed by atoms with van der Waals surface area (Å²) in [6.07, 6.45) is 4.86. The van der Waals surface area contributed by atoms with Crippen LogP contribution in [0, 0.1) is 22.7 Å². The van der Waals surface area contributed by atoms with Crippen LogP contribution < -0.4 is 0 Å². The first-order valence-electron chi connectivity index (χ1n) is 12.0. The number of hydrogen-bond donors (Lipinski definition) is 0. The van der Waals surface area contributed by atoms with Crippen LogP contribution in [-0.2, 0) is 5.41 Å². The molecule has 0 bridgehead atoms. The van der Waals surface area contributed by atoms with E-state index < -0.39 is 0 Å². The van der Waals surface area contributed by atoms with Crippen LogP contribution in [0.5, 0.6) is 0 Å². The van der Waals surface area contributed by atoms with Gasteiger partial charge in [0.1, 0.15) is 0 Å². The summed E-state index contributed by atoms with van der Waals surface area (Å²) in [4.78, 5) is 0. The van der Waals surface area contributed by atoms with Crippen LogP contribution in [0.1, 0.15) is 47.9 Å². The lowest BCUT2D eigenvalue weighted by molar-refractivity contribution is 0.554. The topological polar surface area (TPSA) is 52.0 Å². The molecule has 4 aromatic carbocycles. The molecule has 0 radical (unpaired) electrons. The Labute approximate surface area is 196 Å². The maximum absolute atomic E-state index is 9.66. The standard InChI is InChI=1S/C31H19N3/c32-16-18-7-9-21-24-15-23-20-5-1-2-6-25(20)31(11-3-4-12-31)29(23)28-22-10-8-19(17-33)14-27(22)34(30(24)28)26(21)13-18/h1-2,5-10,13-15H,3-4,11-12H2. The Hall–Kier alpha value is -4.34. The number of hydrogen-bond acceptors (Lipinski definition) is 2. The van der Waals surface area contributed by atoms with Gasteiger partial charge in [-0.2, -0.15) is 10.5 Å². The first-order chi connectivity index (χ1) is 16.7. The SMILES string of the molecule is N#Cc1ccc2c3cc4c(c5c6ccc(C#N)cc6n(c2c1)c35)C1(CCCC1)c1ccccc1-4. The summed E-state index contributed by atoms with van der Waals surface area (Å²) in [6.45, 7) is 0. The molecule has 2 aliphatic carbocycles. The molecule has 1 saturated carbocycles. The number of fused-ring (bicyclic) bond motifs is 12. The highest BCUT2D eigenvalue weighted by Crippen LogP contribution is 2.60. The Morgan fingerprint density at radius 3 is 2.12 bits per heavy atom. The molecule has 0 aliphatic heterocycles. The maximum atomic E-state index is 9.66. The Morgan fingerprint density at radius 1 is 0.706 bits per heavy atom. The van der Waals surface area contributed by atoms with E-state index in [0.29, 0.717) is 11.1 Å². The van der Waals surface area contributed by atoms with Crippen molar-refractivity contribution >= 4 is 38.1 Å². The van der Waals surface area contributed by atoms with E-state index in [2.05, 4.69) is 59.0 Å². The summed E-state index contributed by atoms with van der Waals surface area (Å²) in [5, 5.41) is 24.2. The Balaban J connectivity index is 1.69. The average molecular weight is 434 g/mol. The minimum atomic E-state index is 0.0596. The van der Waals surface area contributed by atoms with Crippen molar-refractivity contribution in [1.29, 1.82) is 10.5 Å². The van der Waals surface area contributed by atoms with Crippen LogP contribution in [0.2, 0.25) is 0 Å². The highest BCUT2D eigenvalue weighted by molar-refractivity contribution is 6.26. The molecule has 3 nitrogen and oxygen atoms in total. The first kappa shape index (κ1) is 18.1. The molecule has 3 heteroatoms. The van der Waals surface area contributed by atoms with Gasteiger partial charge in [0, 0.05) is 27.0 Å². The maximum Gasteiger partial charge on any atom is 0.0992 e. The lowest BCUT2D eigenvalue weighted by atomic mass is 9.75. The zero-order valence-electron chi connectivity index (χ0n) is 18.5. The van der Waals surface area contributed by atoms with Crippen LogP contribution in [0.3, 0.4) is 0 Å². The highest BCUT2D eigenvalue weighted by Gasteiger charge is 2.47. The second kappa shape index (κ2) is 5.96. The summed E-state index contributed by atoms with van der Waals surface area (Å²) in [5.41, 5.74) is 10.4. The van der Waals surface area contributed by atoms with Crippen molar-refractivity contribution in [3.05, 3.63) is 89.0 Å². The van der Waals surface area contributed by atoms with E-state index in [1.807, 2.05) is 24.3 Å². The average Bonchev–Trinajstić information content (AvgIpc) is 3.64. The molecular weight excluding hydrogens is 414 g/mol. The molecule has 1 fully saturated rings. The lowest BCUT2D eigenvalue weighted by Gasteiger charge is -2.27. The van der Waals surface area contributed by atoms with Crippen LogP contribution in [-0.4, -0.2) is 4.40 Å². The van der Waals surface area contributed by atoms with E-state index in [1.165, 1.54) is 69.6 Å². The molecule has 34 heavy (non-hydrogen) atoms. The molecule has 0 amide bonds. The molecule has 158 valence electrons. The Morgan fingerprint density at radius 2 is 1.38 bits per heavy atom. The summed E-state index contributed by atoms with van der Waals surface area (Å²) in [6, 6.07) is 28.1. The number of rotatable bonds is 0. The van der Waals surface area contributed by atoms with Crippen molar-refractivity contribution in [2.75, 3.05) is 0 Å². The van der Waals surface area contributed by atoms with Gasteiger partial charge in [-0.3, -0.25) is 0 Å². The van der Waals surface area contributed by atoms with Crippen molar-refractivity contribution in [2.24, 2.45) is 0 Å². The van der Waals surface area contributed by atoms with Crippen molar-refractivity contribution in [3.63, 3.8) is 0 Å². The van der Waals surface area contributed by atoms with Gasteiger partial charge in [-0.1, -0.05) is 49.2 Å². The van der Waals surface area contributed by atoms with Crippen LogP contribution in [0.25, 0.3) is 49.2 Å². The number of benzene rings is 4. The molecule has 8 rings (SSSR count). The van der Waals surface area contributed by atoms with E-state index in [9.17, 15) is 10.5 Å². The van der Waals surface area contributed by atoms with Gasteiger partial charge in [0.25, 0.3) is 0 Å². The molecule has 2 heterocycles. The molecule has 0 N–H and O–H groups in total. The third kappa shape index (κ3) is 1.90. The molecular formula is C31H19N3. The van der Waals surface area contributed by atoms with Gasteiger partial charge in [0.05, 0.1) is 39.8 Å². The fourth-order valence-electron chi connectivity index (χ4n) is 7.23. The zero-order chi connectivity index (χ0) is 22.6. The zero-order valence-corrected chi connectivity index (χ0v) is 18.5. The quantitative estimate of drug-likeness (QED) is 0.250.